The second-order valence-electron chi connectivity index (χ2n) is 15.6. The lowest BCUT2D eigenvalue weighted by Gasteiger charge is -2.32. The van der Waals surface area contributed by atoms with Crippen molar-refractivity contribution >= 4 is 22.8 Å². The third kappa shape index (κ3) is 6.73. The van der Waals surface area contributed by atoms with Gasteiger partial charge in [0.2, 0.25) is 5.91 Å². The van der Waals surface area contributed by atoms with E-state index in [1.54, 1.807) is 41.2 Å². The number of pyridine rings is 1. The zero-order valence-corrected chi connectivity index (χ0v) is 29.9. The van der Waals surface area contributed by atoms with Crippen LogP contribution in [0.2, 0.25) is 0 Å². The zero-order valence-electron chi connectivity index (χ0n) is 29.9. The molecule has 2 N–H and O–H groups in total. The van der Waals surface area contributed by atoms with Crippen LogP contribution in [0, 0.1) is 16.6 Å². The molecule has 266 valence electrons. The van der Waals surface area contributed by atoms with E-state index in [0.29, 0.717) is 60.0 Å². The van der Waals surface area contributed by atoms with Gasteiger partial charge in [-0.15, -0.1) is 0 Å². The van der Waals surface area contributed by atoms with Crippen LogP contribution in [0.25, 0.3) is 22.4 Å². The molecule has 7 rings (SSSR count). The summed E-state index contributed by atoms with van der Waals surface area (Å²) in [5.41, 5.74) is 2.15. The highest BCUT2D eigenvalue weighted by molar-refractivity contribution is 5.91. The number of likely N-dealkylation sites (N-methyl/N-ethyl adjacent to an activating group) is 1. The van der Waals surface area contributed by atoms with Gasteiger partial charge in [0.05, 0.1) is 17.3 Å². The Kier molecular flexibility index (Phi) is 8.71. The number of benzene rings is 2. The molecule has 1 aliphatic carbocycles. The molecule has 10 nitrogen and oxygen atoms in total. The van der Waals surface area contributed by atoms with Crippen LogP contribution in [-0.4, -0.2) is 60.2 Å². The van der Waals surface area contributed by atoms with Crippen molar-refractivity contribution in [3.63, 3.8) is 0 Å². The fourth-order valence-electron chi connectivity index (χ4n) is 7.66. The number of nitrogens with one attached hydrogen (secondary N) is 1. The topological polar surface area (TPSA) is 126 Å². The Morgan fingerprint density at radius 1 is 1.04 bits per heavy atom. The van der Waals surface area contributed by atoms with E-state index in [2.05, 4.69) is 42.9 Å². The Hall–Kier alpha value is -5.06. The molecule has 2 aromatic carbocycles. The van der Waals surface area contributed by atoms with Crippen molar-refractivity contribution in [1.82, 2.24) is 29.6 Å². The summed E-state index contributed by atoms with van der Waals surface area (Å²) in [4.78, 5) is 40.3. The Balaban J connectivity index is 1.31. The van der Waals surface area contributed by atoms with Gasteiger partial charge in [-0.3, -0.25) is 14.6 Å². The SMILES string of the molecule is CN1CC(C)(C)CCCC[C@](C)(c2cccc(CC3(C(=O)O)CC3)c2)c2nc(n(C)n2)-c2cc(ccn2)Oc2c(F)cc3[nH]ccc3c2CC1=O. The second kappa shape index (κ2) is 12.9. The molecule has 51 heavy (non-hydrogen) atoms. The summed E-state index contributed by atoms with van der Waals surface area (Å²) in [6, 6.07) is 14.8. The highest BCUT2D eigenvalue weighted by Gasteiger charge is 2.50. The number of carboxylic acids is 1. The summed E-state index contributed by atoms with van der Waals surface area (Å²) in [5, 5.41) is 15.6. The highest BCUT2D eigenvalue weighted by atomic mass is 19.1. The Morgan fingerprint density at radius 2 is 1.82 bits per heavy atom. The van der Waals surface area contributed by atoms with Crippen molar-refractivity contribution < 1.29 is 23.8 Å². The van der Waals surface area contributed by atoms with Crippen LogP contribution in [0.1, 0.15) is 81.8 Å². The number of carboxylic acid groups (broad SMARTS) is 1. The van der Waals surface area contributed by atoms with Gasteiger partial charge in [0, 0.05) is 61.6 Å². The molecule has 1 amide bonds. The number of aryl methyl sites for hydroxylation is 1. The summed E-state index contributed by atoms with van der Waals surface area (Å²) < 4.78 is 23.8. The van der Waals surface area contributed by atoms with Gasteiger partial charge in [-0.1, -0.05) is 51.0 Å². The molecule has 2 aliphatic rings. The quantitative estimate of drug-likeness (QED) is 0.199. The number of hydrogen-bond donors (Lipinski definition) is 2. The lowest BCUT2D eigenvalue weighted by Crippen LogP contribution is -2.37. The van der Waals surface area contributed by atoms with Gasteiger partial charge in [0.1, 0.15) is 11.4 Å². The van der Waals surface area contributed by atoms with Crippen LogP contribution >= 0.6 is 0 Å². The first-order valence-electron chi connectivity index (χ1n) is 17.7. The predicted octanol–water partition coefficient (Wildman–Crippen LogP) is 7.60. The smallest absolute Gasteiger partial charge is 0.309 e. The number of hydrogen-bond acceptors (Lipinski definition) is 6. The molecular formula is C40H45FN6O4. The van der Waals surface area contributed by atoms with E-state index in [1.165, 1.54) is 6.07 Å². The third-order valence-electron chi connectivity index (χ3n) is 10.9. The molecule has 1 fully saturated rings. The molecular weight excluding hydrogens is 647 g/mol. The Bertz CT molecular complexity index is 2130. The van der Waals surface area contributed by atoms with E-state index >= 15 is 4.39 Å². The maximum atomic E-state index is 15.8. The molecule has 1 aliphatic heterocycles. The zero-order chi connectivity index (χ0) is 36.1. The number of amides is 1. The van der Waals surface area contributed by atoms with Crippen LogP contribution in [0.15, 0.2) is 60.9 Å². The van der Waals surface area contributed by atoms with Gasteiger partial charge in [-0.25, -0.2) is 14.1 Å². The van der Waals surface area contributed by atoms with Crippen LogP contribution in [-0.2, 0) is 34.9 Å². The summed E-state index contributed by atoms with van der Waals surface area (Å²) in [7, 11) is 3.63. The first-order valence-corrected chi connectivity index (χ1v) is 17.7. The lowest BCUT2D eigenvalue weighted by atomic mass is 9.75. The highest BCUT2D eigenvalue weighted by Crippen LogP contribution is 2.49. The number of fused-ring (bicyclic) bond motifs is 8. The van der Waals surface area contributed by atoms with Crippen molar-refractivity contribution in [3.8, 4) is 23.0 Å². The molecule has 0 spiro atoms. The first-order chi connectivity index (χ1) is 24.3. The number of H-pyrrole nitrogens is 1. The summed E-state index contributed by atoms with van der Waals surface area (Å²) >= 11 is 0. The van der Waals surface area contributed by atoms with E-state index in [0.717, 1.165) is 42.2 Å². The van der Waals surface area contributed by atoms with Gasteiger partial charge < -0.3 is 19.7 Å². The van der Waals surface area contributed by atoms with Crippen molar-refractivity contribution in [3.05, 3.63) is 89.3 Å². The standard InChI is InChI=1S/C40H45FN6O4/c1-38(2)13-6-7-14-39(3,26-10-8-9-25(19-26)23-40(15-16-40)37(49)50)36-44-35(47(5)45-36)32-20-27(11-17-43-32)51-34-29(21-33(48)46(4)24-38)28-12-18-42-31(28)22-30(34)41/h8-12,17-20,22,42H,6-7,13-16,21,23-24H2,1-5H3,(H,49,50)/t39-/m1/s1. The molecule has 5 aromatic rings. The number of aromatic nitrogens is 5. The third-order valence-corrected chi connectivity index (χ3v) is 10.9. The largest absolute Gasteiger partial charge is 0.481 e. The van der Waals surface area contributed by atoms with Crippen LogP contribution in [0.5, 0.6) is 11.5 Å². The molecule has 0 saturated heterocycles. The van der Waals surface area contributed by atoms with Gasteiger partial charge >= 0.3 is 5.97 Å². The van der Waals surface area contributed by atoms with E-state index in [1.807, 2.05) is 25.2 Å². The number of halogens is 1. The average molecular weight is 693 g/mol. The monoisotopic (exact) mass is 692 g/mol. The molecule has 4 heterocycles. The van der Waals surface area contributed by atoms with Gasteiger partial charge in [0.15, 0.2) is 23.2 Å². The minimum absolute atomic E-state index is 0.000151. The van der Waals surface area contributed by atoms with Crippen molar-refractivity contribution in [2.24, 2.45) is 17.9 Å². The van der Waals surface area contributed by atoms with Crippen LogP contribution in [0.3, 0.4) is 0 Å². The van der Waals surface area contributed by atoms with Gasteiger partial charge in [-0.05, 0) is 67.7 Å². The second-order valence-corrected chi connectivity index (χ2v) is 15.6. The molecule has 11 heteroatoms. The number of ether oxygens (including phenoxy) is 1. The molecule has 4 bridgehead atoms. The van der Waals surface area contributed by atoms with Crippen LogP contribution < -0.4 is 4.74 Å². The molecule has 0 unspecified atom stereocenters. The first kappa shape index (κ1) is 34.4. The van der Waals surface area contributed by atoms with E-state index in [9.17, 15) is 14.7 Å². The Morgan fingerprint density at radius 3 is 2.59 bits per heavy atom. The van der Waals surface area contributed by atoms with E-state index < -0.39 is 22.6 Å². The maximum Gasteiger partial charge on any atom is 0.309 e. The molecule has 1 atom stereocenters. The maximum absolute atomic E-state index is 15.8. The van der Waals surface area contributed by atoms with Gasteiger partial charge in [-0.2, -0.15) is 5.10 Å². The number of aliphatic carboxylic acids is 1. The van der Waals surface area contributed by atoms with E-state index in [-0.39, 0.29) is 23.5 Å². The fraction of sp³-hybridized carbons (Fsp3) is 0.425. The molecule has 3 aromatic heterocycles. The number of carbonyl (C=O) groups excluding carboxylic acids is 1. The summed E-state index contributed by atoms with van der Waals surface area (Å²) in [6.45, 7) is 7.04. The minimum Gasteiger partial charge on any atom is -0.481 e. The summed E-state index contributed by atoms with van der Waals surface area (Å²) in [5.74, 6) is 0.0813. The minimum atomic E-state index is -0.736. The van der Waals surface area contributed by atoms with E-state index in [4.69, 9.17) is 14.8 Å². The number of rotatable bonds is 4. The van der Waals surface area contributed by atoms with Crippen molar-refractivity contribution in [1.29, 1.82) is 0 Å². The number of nitrogens with zero attached hydrogens (tertiary/aromatic N) is 5. The van der Waals surface area contributed by atoms with Crippen LogP contribution in [0.4, 0.5) is 4.39 Å². The predicted molar refractivity (Wildman–Crippen MR) is 192 cm³/mol. The van der Waals surface area contributed by atoms with Crippen molar-refractivity contribution in [2.45, 2.75) is 77.6 Å². The summed E-state index contributed by atoms with van der Waals surface area (Å²) in [6.07, 6.45) is 8.61. The molecule has 0 radical (unpaired) electrons. The molecule has 1 saturated carbocycles. The average Bonchev–Trinajstić information content (AvgIpc) is 3.53. The number of aromatic amines is 1. The van der Waals surface area contributed by atoms with Gasteiger partial charge in [0.25, 0.3) is 0 Å². The number of carbonyl (C=O) groups is 2. The Labute approximate surface area is 297 Å². The lowest BCUT2D eigenvalue weighted by molar-refractivity contribution is -0.143. The fourth-order valence-corrected chi connectivity index (χ4v) is 7.66. The normalized spacial score (nSPS) is 20.5. The van der Waals surface area contributed by atoms with Crippen molar-refractivity contribution in [2.75, 3.05) is 13.6 Å².